The molecule has 7 heteroatoms. The summed E-state index contributed by atoms with van der Waals surface area (Å²) < 4.78 is 7.35. The van der Waals surface area contributed by atoms with E-state index < -0.39 is 12.2 Å². The van der Waals surface area contributed by atoms with Crippen molar-refractivity contribution in [1.29, 1.82) is 0 Å². The molecule has 7 nitrogen and oxygen atoms in total. The van der Waals surface area contributed by atoms with Gasteiger partial charge in [0.25, 0.3) is 0 Å². The van der Waals surface area contributed by atoms with Crippen LogP contribution in [-0.2, 0) is 0 Å². The monoisotopic (exact) mass is 364 g/mol. The number of nitrogens with one attached hydrogen (secondary N) is 1. The van der Waals surface area contributed by atoms with Gasteiger partial charge in [-0.1, -0.05) is 25.1 Å². The molecule has 0 bridgehead atoms. The Morgan fingerprint density at radius 1 is 1.19 bits per heavy atom. The van der Waals surface area contributed by atoms with E-state index in [1.807, 2.05) is 43.3 Å². The minimum atomic E-state index is -0.809. The fraction of sp³-hybridized carbons (Fsp3) is 0.300. The summed E-state index contributed by atoms with van der Waals surface area (Å²) in [6, 6.07) is 11.3. The van der Waals surface area contributed by atoms with Crippen LogP contribution in [0.5, 0.6) is 0 Å². The minimum absolute atomic E-state index is 0.0419. The zero-order valence-electron chi connectivity index (χ0n) is 14.8. The van der Waals surface area contributed by atoms with E-state index in [4.69, 9.17) is 9.52 Å². The molecule has 4 aromatic rings. The summed E-state index contributed by atoms with van der Waals surface area (Å²) in [6.45, 7) is 1.94. The quantitative estimate of drug-likeness (QED) is 0.517. The lowest BCUT2D eigenvalue weighted by molar-refractivity contribution is 0.0210. The maximum Gasteiger partial charge on any atom is 0.157 e. The van der Waals surface area contributed by atoms with E-state index in [1.54, 1.807) is 17.0 Å². The van der Waals surface area contributed by atoms with Gasteiger partial charge in [0, 0.05) is 23.2 Å². The highest BCUT2D eigenvalue weighted by atomic mass is 16.3. The largest absolute Gasteiger partial charge is 0.464 e. The molecule has 5 rings (SSSR count). The lowest BCUT2D eigenvalue weighted by Gasteiger charge is -2.19. The van der Waals surface area contributed by atoms with Crippen molar-refractivity contribution in [1.82, 2.24) is 14.6 Å². The molecule has 0 amide bonds. The molecule has 1 aromatic carbocycles. The Hall–Kier alpha value is -2.90. The van der Waals surface area contributed by atoms with Crippen molar-refractivity contribution in [3.05, 3.63) is 48.9 Å². The molecule has 3 aromatic heterocycles. The van der Waals surface area contributed by atoms with Gasteiger partial charge in [-0.25, -0.2) is 4.98 Å². The van der Waals surface area contributed by atoms with Crippen LogP contribution in [0.2, 0.25) is 0 Å². The van der Waals surface area contributed by atoms with Gasteiger partial charge in [0.2, 0.25) is 0 Å². The Morgan fingerprint density at radius 2 is 2.04 bits per heavy atom. The maximum atomic E-state index is 10.3. The van der Waals surface area contributed by atoms with Gasteiger partial charge in [-0.15, -0.1) is 0 Å². The lowest BCUT2D eigenvalue weighted by atomic mass is 10.1. The van der Waals surface area contributed by atoms with E-state index in [9.17, 15) is 10.2 Å². The third-order valence-electron chi connectivity index (χ3n) is 5.42. The molecule has 1 aliphatic rings. The molecule has 1 aliphatic carbocycles. The number of anilines is 1. The molecule has 0 spiro atoms. The average molecular weight is 364 g/mol. The Balaban J connectivity index is 1.54. The van der Waals surface area contributed by atoms with Crippen LogP contribution in [0.3, 0.4) is 0 Å². The molecule has 138 valence electrons. The van der Waals surface area contributed by atoms with Crippen LogP contribution >= 0.6 is 0 Å². The first kappa shape index (κ1) is 16.3. The fourth-order valence-corrected chi connectivity index (χ4v) is 3.90. The van der Waals surface area contributed by atoms with Gasteiger partial charge in [0.05, 0.1) is 17.8 Å². The Kier molecular flexibility index (Phi) is 3.66. The maximum absolute atomic E-state index is 10.3. The molecule has 1 fully saturated rings. The van der Waals surface area contributed by atoms with Gasteiger partial charge in [0.15, 0.2) is 5.65 Å². The van der Waals surface area contributed by atoms with Gasteiger partial charge in [-0.05, 0) is 24.5 Å². The van der Waals surface area contributed by atoms with Crippen LogP contribution in [0.15, 0.2) is 53.3 Å². The molecule has 3 N–H and O–H groups in total. The second-order valence-corrected chi connectivity index (χ2v) is 7.22. The predicted octanol–water partition coefficient (Wildman–Crippen LogP) is 2.68. The molecule has 4 atom stereocenters. The summed E-state index contributed by atoms with van der Waals surface area (Å²) in [6.07, 6.45) is 2.57. The number of nitrogens with zero attached hydrogens (tertiary/aromatic N) is 3. The van der Waals surface area contributed by atoms with E-state index in [0.717, 1.165) is 28.0 Å². The smallest absolute Gasteiger partial charge is 0.157 e. The summed E-state index contributed by atoms with van der Waals surface area (Å²) >= 11 is 0. The molecule has 0 aliphatic heterocycles. The van der Waals surface area contributed by atoms with Crippen LogP contribution in [0.1, 0.15) is 13.3 Å². The first-order valence-electron chi connectivity index (χ1n) is 9.06. The summed E-state index contributed by atoms with van der Waals surface area (Å²) in [5.41, 5.74) is 3.18. The number of fused-ring (bicyclic) bond motifs is 2. The van der Waals surface area contributed by atoms with E-state index in [0.29, 0.717) is 12.1 Å². The Morgan fingerprint density at radius 3 is 2.85 bits per heavy atom. The lowest BCUT2D eigenvalue weighted by Crippen LogP contribution is -2.35. The van der Waals surface area contributed by atoms with Crippen molar-refractivity contribution >= 4 is 22.4 Å². The highest BCUT2D eigenvalue weighted by Crippen LogP contribution is 2.32. The number of aliphatic hydroxyl groups is 2. The van der Waals surface area contributed by atoms with Gasteiger partial charge < -0.3 is 19.9 Å². The van der Waals surface area contributed by atoms with Crippen molar-refractivity contribution in [2.75, 3.05) is 5.32 Å². The molecule has 0 saturated heterocycles. The summed E-state index contributed by atoms with van der Waals surface area (Å²) in [5, 5.41) is 29.3. The topological polar surface area (TPSA) is 95.8 Å². The second kappa shape index (κ2) is 6.07. The Labute approximate surface area is 155 Å². The fourth-order valence-electron chi connectivity index (χ4n) is 3.90. The number of rotatable bonds is 3. The third-order valence-corrected chi connectivity index (χ3v) is 5.42. The normalized spacial score (nSPS) is 25.4. The highest BCUT2D eigenvalue weighted by Gasteiger charge is 2.39. The molecular weight excluding hydrogens is 344 g/mol. The zero-order valence-corrected chi connectivity index (χ0v) is 14.8. The van der Waals surface area contributed by atoms with Crippen molar-refractivity contribution in [3.8, 4) is 11.3 Å². The molecule has 27 heavy (non-hydrogen) atoms. The van der Waals surface area contributed by atoms with Crippen LogP contribution in [0.4, 0.5) is 5.82 Å². The number of hydrogen-bond acceptors (Lipinski definition) is 6. The van der Waals surface area contributed by atoms with Gasteiger partial charge in [-0.2, -0.15) is 9.61 Å². The zero-order chi connectivity index (χ0) is 18.5. The SMILES string of the molecule is C[C@@H]1C[C@@H](Nc2ccnc3cc(-c4coc5ccccc45)nn23)[C@H](O)[C@@H]1O. The molecule has 3 heterocycles. The van der Waals surface area contributed by atoms with Gasteiger partial charge in [-0.3, -0.25) is 0 Å². The van der Waals surface area contributed by atoms with E-state index in [2.05, 4.69) is 10.3 Å². The van der Waals surface area contributed by atoms with Gasteiger partial charge >= 0.3 is 0 Å². The highest BCUT2D eigenvalue weighted by molar-refractivity contribution is 5.93. The number of benzene rings is 1. The number of aliphatic hydroxyl groups excluding tert-OH is 2. The summed E-state index contributed by atoms with van der Waals surface area (Å²) in [7, 11) is 0. The number of furan rings is 1. The van der Waals surface area contributed by atoms with Crippen LogP contribution < -0.4 is 5.32 Å². The Bertz CT molecular complexity index is 1120. The summed E-state index contributed by atoms with van der Waals surface area (Å²) in [5.74, 6) is 0.768. The first-order valence-corrected chi connectivity index (χ1v) is 9.06. The van der Waals surface area contributed by atoms with Crippen molar-refractivity contribution in [2.24, 2.45) is 5.92 Å². The van der Waals surface area contributed by atoms with E-state index in [1.165, 1.54) is 0 Å². The van der Waals surface area contributed by atoms with Crippen LogP contribution in [-0.4, -0.2) is 43.1 Å². The predicted molar refractivity (Wildman–Crippen MR) is 101 cm³/mol. The van der Waals surface area contributed by atoms with Crippen molar-refractivity contribution in [2.45, 2.75) is 31.6 Å². The molecular formula is C20H20N4O3. The average Bonchev–Trinajstić information content (AvgIpc) is 3.35. The minimum Gasteiger partial charge on any atom is -0.464 e. The van der Waals surface area contributed by atoms with Gasteiger partial charge in [0.1, 0.15) is 23.8 Å². The number of para-hydroxylation sites is 1. The molecule has 0 radical (unpaired) electrons. The summed E-state index contributed by atoms with van der Waals surface area (Å²) in [4.78, 5) is 4.39. The van der Waals surface area contributed by atoms with Crippen molar-refractivity contribution < 1.29 is 14.6 Å². The van der Waals surface area contributed by atoms with Crippen molar-refractivity contribution in [3.63, 3.8) is 0 Å². The van der Waals surface area contributed by atoms with Crippen LogP contribution in [0.25, 0.3) is 27.9 Å². The number of aromatic nitrogens is 3. The third kappa shape index (κ3) is 2.58. The molecule has 0 unspecified atom stereocenters. The number of hydrogen-bond donors (Lipinski definition) is 3. The van der Waals surface area contributed by atoms with E-state index >= 15 is 0 Å². The van der Waals surface area contributed by atoms with Crippen LogP contribution in [0, 0.1) is 5.92 Å². The molecule has 1 saturated carbocycles. The second-order valence-electron chi connectivity index (χ2n) is 7.22. The standard InChI is InChI=1S/C20H20N4O3/c1-11-8-15(20(26)19(11)25)22-17-6-7-21-18-9-14(23-24(17)18)13-10-27-16-5-3-2-4-12(13)16/h2-7,9-11,15,19-20,22,25-26H,8H2,1H3/t11-,15-,19-,20+/m1/s1. The first-order chi connectivity index (χ1) is 13.1. The van der Waals surface area contributed by atoms with E-state index in [-0.39, 0.29) is 12.0 Å².